The van der Waals surface area contributed by atoms with E-state index in [0.29, 0.717) is 22.2 Å². The lowest BCUT2D eigenvalue weighted by Gasteiger charge is -2.26. The maximum absolute atomic E-state index is 12.4. The van der Waals surface area contributed by atoms with Crippen LogP contribution in [-0.2, 0) is 9.59 Å². The summed E-state index contributed by atoms with van der Waals surface area (Å²) in [6.07, 6.45) is 1.60. The maximum atomic E-state index is 12.4. The van der Waals surface area contributed by atoms with E-state index in [4.69, 9.17) is 22.1 Å². The van der Waals surface area contributed by atoms with Gasteiger partial charge in [0.15, 0.2) is 6.61 Å². The standard InChI is InChI=1S/C22H18ClN3O5/c23-16-3-1-2-4-17(16)26-10-15(22(29)30)20-21(26)14(9-19(28)25-20)12-5-7-13(8-6-12)31-11-18(24)27/h1-8,10,14H,9,11H2,(H2,24,27)(H,25,28)(H,29,30). The summed E-state index contributed by atoms with van der Waals surface area (Å²) in [7, 11) is 0. The SMILES string of the molecule is NC(=O)COc1ccc(C2CC(=O)Nc3c(C(=O)O)cn(-c4ccccc4Cl)c32)cc1. The lowest BCUT2D eigenvalue weighted by Crippen LogP contribution is -2.25. The Bertz CT molecular complexity index is 1190. The number of carboxylic acids is 1. The van der Waals surface area contributed by atoms with E-state index in [9.17, 15) is 19.5 Å². The molecule has 0 spiro atoms. The minimum atomic E-state index is -1.15. The van der Waals surface area contributed by atoms with E-state index in [1.165, 1.54) is 6.20 Å². The van der Waals surface area contributed by atoms with Gasteiger partial charge in [-0.3, -0.25) is 9.59 Å². The van der Waals surface area contributed by atoms with Crippen molar-refractivity contribution in [2.24, 2.45) is 5.73 Å². The van der Waals surface area contributed by atoms with Gasteiger partial charge < -0.3 is 25.5 Å². The molecule has 0 fully saturated rings. The van der Waals surface area contributed by atoms with E-state index in [1.807, 2.05) is 0 Å². The Balaban J connectivity index is 1.83. The summed E-state index contributed by atoms with van der Waals surface area (Å²) >= 11 is 6.38. The number of fused-ring (bicyclic) bond motifs is 1. The number of halogens is 1. The molecule has 2 amide bonds. The Labute approximate surface area is 182 Å². The zero-order chi connectivity index (χ0) is 22.1. The highest BCUT2D eigenvalue weighted by Crippen LogP contribution is 2.42. The van der Waals surface area contributed by atoms with Gasteiger partial charge in [0.1, 0.15) is 11.3 Å². The number of nitrogens with zero attached hydrogens (tertiary/aromatic N) is 1. The molecule has 0 radical (unpaired) electrons. The molecule has 1 aromatic heterocycles. The van der Waals surface area contributed by atoms with E-state index in [0.717, 1.165) is 5.56 Å². The fourth-order valence-electron chi connectivity index (χ4n) is 3.70. The van der Waals surface area contributed by atoms with Crippen LogP contribution >= 0.6 is 11.6 Å². The molecule has 1 aliphatic rings. The van der Waals surface area contributed by atoms with Crippen molar-refractivity contribution in [2.75, 3.05) is 11.9 Å². The fraction of sp³-hybridized carbons (Fsp3) is 0.136. The highest BCUT2D eigenvalue weighted by molar-refractivity contribution is 6.32. The van der Waals surface area contributed by atoms with Crippen molar-refractivity contribution in [3.63, 3.8) is 0 Å². The van der Waals surface area contributed by atoms with Crippen LogP contribution < -0.4 is 15.8 Å². The molecule has 3 aromatic rings. The number of carbonyl (C=O) groups excluding carboxylic acids is 2. The molecule has 1 unspecified atom stereocenters. The summed E-state index contributed by atoms with van der Waals surface area (Å²) in [5.41, 5.74) is 7.34. The van der Waals surface area contributed by atoms with Crippen LogP contribution in [0.5, 0.6) is 5.75 Å². The van der Waals surface area contributed by atoms with Crippen LogP contribution in [0.3, 0.4) is 0 Å². The topological polar surface area (TPSA) is 124 Å². The molecule has 2 aromatic carbocycles. The number of hydrogen-bond donors (Lipinski definition) is 3. The fourth-order valence-corrected chi connectivity index (χ4v) is 3.93. The molecular formula is C22H18ClN3O5. The van der Waals surface area contributed by atoms with Crippen molar-refractivity contribution in [1.82, 2.24) is 4.57 Å². The summed E-state index contributed by atoms with van der Waals surface area (Å²) in [6.45, 7) is -0.243. The van der Waals surface area contributed by atoms with Crippen LogP contribution in [0.4, 0.5) is 5.69 Å². The molecule has 0 saturated heterocycles. The molecule has 0 saturated carbocycles. The number of nitrogens with one attached hydrogen (secondary N) is 1. The lowest BCUT2D eigenvalue weighted by atomic mass is 9.88. The van der Waals surface area contributed by atoms with Crippen LogP contribution in [0.15, 0.2) is 54.7 Å². The predicted octanol–water partition coefficient (Wildman–Crippen LogP) is 3.17. The summed E-state index contributed by atoms with van der Waals surface area (Å²) < 4.78 is 7.00. The van der Waals surface area contributed by atoms with Crippen LogP contribution in [0, 0.1) is 0 Å². The molecule has 1 atom stereocenters. The van der Waals surface area contributed by atoms with Crippen molar-refractivity contribution >= 4 is 35.1 Å². The largest absolute Gasteiger partial charge is 0.484 e. The lowest BCUT2D eigenvalue weighted by molar-refractivity contribution is -0.120. The molecule has 2 heterocycles. The number of para-hydroxylation sites is 1. The van der Waals surface area contributed by atoms with Gasteiger partial charge in [0.2, 0.25) is 5.91 Å². The van der Waals surface area contributed by atoms with Crippen molar-refractivity contribution in [1.29, 1.82) is 0 Å². The molecule has 0 bridgehead atoms. The first-order valence-corrected chi connectivity index (χ1v) is 9.77. The quantitative estimate of drug-likeness (QED) is 0.544. The number of amides is 2. The Hall–Kier alpha value is -3.78. The van der Waals surface area contributed by atoms with Crippen LogP contribution in [0.1, 0.15) is 34.0 Å². The van der Waals surface area contributed by atoms with E-state index < -0.39 is 17.8 Å². The van der Waals surface area contributed by atoms with E-state index in [-0.39, 0.29) is 30.2 Å². The van der Waals surface area contributed by atoms with Gasteiger partial charge in [0, 0.05) is 18.5 Å². The average Bonchev–Trinajstić information content (AvgIpc) is 3.12. The third-order valence-corrected chi connectivity index (χ3v) is 5.35. The molecule has 4 rings (SSSR count). The number of carboxylic acid groups (broad SMARTS) is 1. The Morgan fingerprint density at radius 2 is 1.90 bits per heavy atom. The number of carbonyl (C=O) groups is 3. The first-order chi connectivity index (χ1) is 14.8. The first kappa shape index (κ1) is 20.5. The Morgan fingerprint density at radius 3 is 2.55 bits per heavy atom. The van der Waals surface area contributed by atoms with Crippen molar-refractivity contribution in [3.05, 3.63) is 76.6 Å². The van der Waals surface area contributed by atoms with Crippen LogP contribution in [0.2, 0.25) is 5.02 Å². The zero-order valence-corrected chi connectivity index (χ0v) is 16.9. The Morgan fingerprint density at radius 1 is 1.19 bits per heavy atom. The van der Waals surface area contributed by atoms with Crippen LogP contribution in [-0.4, -0.2) is 34.1 Å². The number of benzene rings is 2. The first-order valence-electron chi connectivity index (χ1n) is 9.39. The number of hydrogen-bond acceptors (Lipinski definition) is 4. The van der Waals surface area contributed by atoms with Gasteiger partial charge in [-0.05, 0) is 29.8 Å². The van der Waals surface area contributed by atoms with E-state index >= 15 is 0 Å². The molecule has 4 N–H and O–H groups in total. The van der Waals surface area contributed by atoms with Gasteiger partial charge in [0.25, 0.3) is 5.91 Å². The number of nitrogens with two attached hydrogens (primary N) is 1. The summed E-state index contributed by atoms with van der Waals surface area (Å²) in [5.74, 6) is -1.99. The highest BCUT2D eigenvalue weighted by atomic mass is 35.5. The third kappa shape index (κ3) is 3.97. The molecule has 1 aliphatic heterocycles. The van der Waals surface area contributed by atoms with E-state index in [2.05, 4.69) is 5.32 Å². The second-order valence-corrected chi connectivity index (χ2v) is 7.47. The van der Waals surface area contributed by atoms with Crippen molar-refractivity contribution in [2.45, 2.75) is 12.3 Å². The number of ether oxygens (including phenoxy) is 1. The molecular weight excluding hydrogens is 422 g/mol. The van der Waals surface area contributed by atoms with Crippen molar-refractivity contribution in [3.8, 4) is 11.4 Å². The summed E-state index contributed by atoms with van der Waals surface area (Å²) in [4.78, 5) is 35.2. The van der Waals surface area contributed by atoms with Gasteiger partial charge in [0.05, 0.1) is 22.1 Å². The second kappa shape index (κ2) is 8.16. The normalized spacial score (nSPS) is 15.1. The third-order valence-electron chi connectivity index (χ3n) is 5.03. The van der Waals surface area contributed by atoms with Gasteiger partial charge in [-0.15, -0.1) is 0 Å². The average molecular weight is 440 g/mol. The number of aromatic carboxylic acids is 1. The molecule has 9 heteroatoms. The number of anilines is 1. The molecule has 0 aliphatic carbocycles. The minimum Gasteiger partial charge on any atom is -0.484 e. The number of rotatable bonds is 6. The van der Waals surface area contributed by atoms with Gasteiger partial charge in [-0.2, -0.15) is 0 Å². The molecule has 31 heavy (non-hydrogen) atoms. The number of aromatic nitrogens is 1. The molecule has 8 nitrogen and oxygen atoms in total. The van der Waals surface area contributed by atoms with Crippen LogP contribution in [0.25, 0.3) is 5.69 Å². The minimum absolute atomic E-state index is 0.0191. The smallest absolute Gasteiger partial charge is 0.339 e. The number of primary amides is 1. The monoisotopic (exact) mass is 439 g/mol. The highest BCUT2D eigenvalue weighted by Gasteiger charge is 2.34. The summed E-state index contributed by atoms with van der Waals surface area (Å²) in [5, 5.41) is 12.9. The predicted molar refractivity (Wildman–Crippen MR) is 114 cm³/mol. The van der Waals surface area contributed by atoms with E-state index in [1.54, 1.807) is 53.1 Å². The second-order valence-electron chi connectivity index (χ2n) is 7.06. The van der Waals surface area contributed by atoms with Gasteiger partial charge in [-0.1, -0.05) is 35.9 Å². The molecule has 158 valence electrons. The van der Waals surface area contributed by atoms with Gasteiger partial charge in [-0.25, -0.2) is 4.79 Å². The van der Waals surface area contributed by atoms with Gasteiger partial charge >= 0.3 is 5.97 Å². The zero-order valence-electron chi connectivity index (χ0n) is 16.2. The maximum Gasteiger partial charge on any atom is 0.339 e. The van der Waals surface area contributed by atoms with Crippen molar-refractivity contribution < 1.29 is 24.2 Å². The summed E-state index contributed by atoms with van der Waals surface area (Å²) in [6, 6.07) is 14.0. The Kier molecular flexibility index (Phi) is 5.39.